The maximum absolute atomic E-state index is 11.8. The second-order valence-electron chi connectivity index (χ2n) is 5.25. The Hall–Kier alpha value is -1.43. The van der Waals surface area contributed by atoms with Gasteiger partial charge in [-0.15, -0.1) is 0 Å². The molecule has 1 fully saturated rings. The van der Waals surface area contributed by atoms with E-state index < -0.39 is 6.10 Å². The number of rotatable bonds is 7. The third-order valence-electron chi connectivity index (χ3n) is 3.48. The first-order valence-electron chi connectivity index (χ1n) is 7.42. The first-order valence-corrected chi connectivity index (χ1v) is 7.42. The Morgan fingerprint density at radius 3 is 2.95 bits per heavy atom. The van der Waals surface area contributed by atoms with Gasteiger partial charge in [0.25, 0.3) is 0 Å². The predicted molar refractivity (Wildman–Crippen MR) is 78.7 cm³/mol. The van der Waals surface area contributed by atoms with Gasteiger partial charge in [0.05, 0.1) is 25.4 Å². The Labute approximate surface area is 125 Å². The van der Waals surface area contributed by atoms with Crippen LogP contribution in [0.3, 0.4) is 0 Å². The third kappa shape index (κ3) is 5.83. The normalized spacial score (nSPS) is 22.0. The van der Waals surface area contributed by atoms with Crippen molar-refractivity contribution in [2.24, 2.45) is 0 Å². The molecule has 1 aromatic rings. The van der Waals surface area contributed by atoms with Crippen molar-refractivity contribution in [3.63, 3.8) is 0 Å². The zero-order valence-electron chi connectivity index (χ0n) is 12.2. The van der Waals surface area contributed by atoms with Crippen molar-refractivity contribution >= 4 is 5.91 Å². The summed E-state index contributed by atoms with van der Waals surface area (Å²) in [7, 11) is 0. The summed E-state index contributed by atoms with van der Waals surface area (Å²) >= 11 is 0. The van der Waals surface area contributed by atoms with Crippen LogP contribution in [0.2, 0.25) is 0 Å². The van der Waals surface area contributed by atoms with E-state index >= 15 is 0 Å². The smallest absolute Gasteiger partial charge is 0.220 e. The first kappa shape index (κ1) is 15.9. The molecule has 5 heteroatoms. The summed E-state index contributed by atoms with van der Waals surface area (Å²) in [6, 6.07) is 9.77. The number of benzene rings is 1. The van der Waals surface area contributed by atoms with E-state index in [0.717, 1.165) is 5.56 Å². The Bertz CT molecular complexity index is 424. The molecule has 0 aromatic heterocycles. The minimum absolute atomic E-state index is 0.0377. The standard InChI is InChI=1S/C16H23NO4/c18-15-12-21-10-8-14(15)17-16(19)7-4-9-20-11-13-5-2-1-3-6-13/h1-3,5-6,14-15,18H,4,7-12H2,(H,17,19)/t14-,15-/m1/s1. The summed E-state index contributed by atoms with van der Waals surface area (Å²) in [5, 5.41) is 12.5. The highest BCUT2D eigenvalue weighted by Crippen LogP contribution is 2.08. The van der Waals surface area contributed by atoms with E-state index in [2.05, 4.69) is 5.32 Å². The molecule has 0 aliphatic carbocycles. The fourth-order valence-corrected chi connectivity index (χ4v) is 2.27. The maximum Gasteiger partial charge on any atom is 0.220 e. The minimum atomic E-state index is -0.600. The van der Waals surface area contributed by atoms with Gasteiger partial charge in [-0.05, 0) is 18.4 Å². The van der Waals surface area contributed by atoms with Crippen LogP contribution >= 0.6 is 0 Å². The predicted octanol–water partition coefficient (Wildman–Crippen LogP) is 1.25. The van der Waals surface area contributed by atoms with Crippen LogP contribution in [-0.2, 0) is 20.9 Å². The van der Waals surface area contributed by atoms with Crippen molar-refractivity contribution in [3.05, 3.63) is 35.9 Å². The van der Waals surface area contributed by atoms with E-state index in [0.29, 0.717) is 45.7 Å². The number of amides is 1. The Morgan fingerprint density at radius 1 is 1.38 bits per heavy atom. The van der Waals surface area contributed by atoms with E-state index in [1.54, 1.807) is 0 Å². The SMILES string of the molecule is O=C(CCCOCc1ccccc1)N[C@@H]1CCOC[C@H]1O. The van der Waals surface area contributed by atoms with E-state index in [-0.39, 0.29) is 11.9 Å². The van der Waals surface area contributed by atoms with Crippen LogP contribution in [0.1, 0.15) is 24.8 Å². The molecule has 1 aliphatic heterocycles. The number of ether oxygens (including phenoxy) is 2. The van der Waals surface area contributed by atoms with Gasteiger partial charge in [-0.2, -0.15) is 0 Å². The van der Waals surface area contributed by atoms with Crippen molar-refractivity contribution < 1.29 is 19.4 Å². The monoisotopic (exact) mass is 293 g/mol. The molecule has 1 heterocycles. The van der Waals surface area contributed by atoms with Crippen molar-refractivity contribution in [3.8, 4) is 0 Å². The molecule has 1 aliphatic rings. The van der Waals surface area contributed by atoms with Crippen LogP contribution in [-0.4, -0.2) is 43.0 Å². The van der Waals surface area contributed by atoms with Crippen LogP contribution in [0.25, 0.3) is 0 Å². The highest BCUT2D eigenvalue weighted by molar-refractivity contribution is 5.76. The van der Waals surface area contributed by atoms with Gasteiger partial charge >= 0.3 is 0 Å². The summed E-state index contributed by atoms with van der Waals surface area (Å²) in [5.41, 5.74) is 1.13. The molecular weight excluding hydrogens is 270 g/mol. The van der Waals surface area contributed by atoms with Crippen molar-refractivity contribution in [1.82, 2.24) is 5.32 Å². The molecule has 0 unspecified atom stereocenters. The number of carbonyl (C=O) groups is 1. The van der Waals surface area contributed by atoms with Gasteiger partial charge in [-0.3, -0.25) is 4.79 Å². The summed E-state index contributed by atoms with van der Waals surface area (Å²) in [6.07, 6.45) is 1.16. The van der Waals surface area contributed by atoms with Crippen molar-refractivity contribution in [2.45, 2.75) is 38.0 Å². The molecule has 116 valence electrons. The van der Waals surface area contributed by atoms with E-state index in [1.165, 1.54) is 0 Å². The number of aliphatic hydroxyl groups excluding tert-OH is 1. The Kier molecular flexibility index (Phi) is 6.66. The van der Waals surface area contributed by atoms with E-state index in [1.807, 2.05) is 30.3 Å². The number of carbonyl (C=O) groups excluding carboxylic acids is 1. The van der Waals surface area contributed by atoms with Gasteiger partial charge in [-0.1, -0.05) is 30.3 Å². The second kappa shape index (κ2) is 8.77. The molecule has 21 heavy (non-hydrogen) atoms. The number of aliphatic hydroxyl groups is 1. The summed E-state index contributed by atoms with van der Waals surface area (Å²) in [6.45, 7) is 2.01. The highest BCUT2D eigenvalue weighted by atomic mass is 16.5. The van der Waals surface area contributed by atoms with E-state index in [9.17, 15) is 9.90 Å². The van der Waals surface area contributed by atoms with Crippen LogP contribution in [0, 0.1) is 0 Å². The molecule has 0 saturated carbocycles. The lowest BCUT2D eigenvalue weighted by Crippen LogP contribution is -2.48. The average molecular weight is 293 g/mol. The summed E-state index contributed by atoms with van der Waals surface area (Å²) < 4.78 is 10.7. The number of hydrogen-bond donors (Lipinski definition) is 2. The van der Waals surface area contributed by atoms with Crippen LogP contribution in [0.5, 0.6) is 0 Å². The minimum Gasteiger partial charge on any atom is -0.389 e. The molecule has 1 amide bonds. The van der Waals surface area contributed by atoms with Crippen molar-refractivity contribution in [2.75, 3.05) is 19.8 Å². The quantitative estimate of drug-likeness (QED) is 0.743. The van der Waals surface area contributed by atoms with Gasteiger partial charge in [0.1, 0.15) is 0 Å². The lowest BCUT2D eigenvalue weighted by Gasteiger charge is -2.28. The molecule has 1 saturated heterocycles. The number of nitrogens with one attached hydrogen (secondary N) is 1. The third-order valence-corrected chi connectivity index (χ3v) is 3.48. The zero-order chi connectivity index (χ0) is 14.9. The molecule has 2 N–H and O–H groups in total. The van der Waals surface area contributed by atoms with Gasteiger partial charge in [0.2, 0.25) is 5.91 Å². The Morgan fingerprint density at radius 2 is 2.19 bits per heavy atom. The molecule has 0 spiro atoms. The van der Waals surface area contributed by atoms with Gasteiger partial charge < -0.3 is 19.9 Å². The van der Waals surface area contributed by atoms with Gasteiger partial charge in [0, 0.05) is 19.6 Å². The maximum atomic E-state index is 11.8. The summed E-state index contributed by atoms with van der Waals surface area (Å²) in [4.78, 5) is 11.8. The van der Waals surface area contributed by atoms with Crippen LogP contribution in [0.4, 0.5) is 0 Å². The molecule has 2 atom stereocenters. The molecular formula is C16H23NO4. The van der Waals surface area contributed by atoms with E-state index in [4.69, 9.17) is 9.47 Å². The molecule has 1 aromatic carbocycles. The average Bonchev–Trinajstić information content (AvgIpc) is 2.50. The largest absolute Gasteiger partial charge is 0.389 e. The van der Waals surface area contributed by atoms with Crippen LogP contribution in [0.15, 0.2) is 30.3 Å². The van der Waals surface area contributed by atoms with Gasteiger partial charge in [-0.25, -0.2) is 0 Å². The van der Waals surface area contributed by atoms with Gasteiger partial charge in [0.15, 0.2) is 0 Å². The first-order chi connectivity index (χ1) is 10.3. The van der Waals surface area contributed by atoms with Crippen molar-refractivity contribution in [1.29, 1.82) is 0 Å². The fourth-order valence-electron chi connectivity index (χ4n) is 2.27. The Balaban J connectivity index is 1.55. The topological polar surface area (TPSA) is 67.8 Å². The number of hydrogen-bond acceptors (Lipinski definition) is 4. The fraction of sp³-hybridized carbons (Fsp3) is 0.562. The second-order valence-corrected chi connectivity index (χ2v) is 5.25. The molecule has 0 radical (unpaired) electrons. The zero-order valence-corrected chi connectivity index (χ0v) is 12.2. The molecule has 5 nitrogen and oxygen atoms in total. The molecule has 2 rings (SSSR count). The highest BCUT2D eigenvalue weighted by Gasteiger charge is 2.24. The molecule has 0 bridgehead atoms. The lowest BCUT2D eigenvalue weighted by molar-refractivity contribution is -0.124. The summed E-state index contributed by atoms with van der Waals surface area (Å²) in [5.74, 6) is -0.0377. The van der Waals surface area contributed by atoms with Crippen LogP contribution < -0.4 is 5.32 Å². The lowest BCUT2D eigenvalue weighted by atomic mass is 10.1.